The normalized spacial score (nSPS) is 16.6. The van der Waals surface area contributed by atoms with Gasteiger partial charge in [-0.15, -0.1) is 0 Å². The number of nitrogens with zero attached hydrogens (tertiary/aromatic N) is 2. The minimum atomic E-state index is -4.38. The van der Waals surface area contributed by atoms with E-state index in [-0.39, 0.29) is 12.3 Å². The summed E-state index contributed by atoms with van der Waals surface area (Å²) in [4.78, 5) is 20.6. The Bertz CT molecular complexity index is 1300. The van der Waals surface area contributed by atoms with Gasteiger partial charge in [0.1, 0.15) is 17.4 Å². The maximum Gasteiger partial charge on any atom is 0.416 e. The fraction of sp³-hybridized carbons (Fsp3) is 0.387. The Balaban J connectivity index is 1.67. The fourth-order valence-electron chi connectivity index (χ4n) is 4.16. The first-order valence-corrected chi connectivity index (χ1v) is 13.2. The number of aliphatic imine (C=N–C) groups is 2. The van der Waals surface area contributed by atoms with E-state index in [1.807, 2.05) is 49.4 Å². The lowest BCUT2D eigenvalue weighted by atomic mass is 9.95. The quantitative estimate of drug-likeness (QED) is 0.240. The number of aliphatic carboxylic acids is 1. The highest BCUT2D eigenvalue weighted by Gasteiger charge is 2.33. The summed E-state index contributed by atoms with van der Waals surface area (Å²) in [5, 5.41) is 9.32. The molecule has 0 aliphatic heterocycles. The molecule has 1 unspecified atom stereocenters. The molecule has 1 atom stereocenters. The lowest BCUT2D eigenvalue weighted by Crippen LogP contribution is -2.38. The van der Waals surface area contributed by atoms with Crippen molar-refractivity contribution in [2.75, 3.05) is 6.54 Å². The molecule has 40 heavy (non-hydrogen) atoms. The van der Waals surface area contributed by atoms with Crippen molar-refractivity contribution in [2.24, 2.45) is 21.6 Å². The highest BCUT2D eigenvalue weighted by atomic mass is 19.4. The zero-order valence-electron chi connectivity index (χ0n) is 23.0. The van der Waals surface area contributed by atoms with Gasteiger partial charge in [-0.25, -0.2) is 9.79 Å². The van der Waals surface area contributed by atoms with Gasteiger partial charge in [0.2, 0.25) is 0 Å². The van der Waals surface area contributed by atoms with Crippen LogP contribution in [0.1, 0.15) is 49.8 Å². The zero-order chi connectivity index (χ0) is 29.3. The first-order chi connectivity index (χ1) is 18.8. The molecule has 0 aromatic heterocycles. The number of rotatable bonds is 11. The Kier molecular flexibility index (Phi) is 10.3. The number of carboxylic acids is 1. The highest BCUT2D eigenvalue weighted by molar-refractivity contribution is 5.98. The topological polar surface area (TPSA) is 97.3 Å². The van der Waals surface area contributed by atoms with Crippen molar-refractivity contribution in [3.05, 3.63) is 89.0 Å². The molecule has 0 bridgehead atoms. The second-order valence-corrected chi connectivity index (χ2v) is 10.3. The molecule has 3 rings (SSSR count). The number of benzene rings is 2. The Morgan fingerprint density at radius 3 is 2.42 bits per heavy atom. The number of nitrogens with two attached hydrogens (primary N) is 1. The molecule has 2 aromatic rings. The number of amidine groups is 2. The molecule has 3 N–H and O–H groups in total. The standard InChI is InChI=1S/C31H36F3N3O3/c1-21-20-23(12-17-26(21)40-30(2,3)29(38)39)10-7-11-27(36-19-18-22-8-5-4-6-9-22)37-28(35)24-13-15-25(16-14-24)31(32,33)34/h4-6,8-9,12-13,15-17,20,24H,7,10-11,14,18-19H2,1-3H3,(H,38,39)(H2,35,36,37). The number of allylic oxidation sites excluding steroid dienone is 3. The molecule has 1 aliphatic carbocycles. The number of carboxylic acid groups (broad SMARTS) is 1. The van der Waals surface area contributed by atoms with Gasteiger partial charge in [-0.1, -0.05) is 60.7 Å². The minimum Gasteiger partial charge on any atom is -0.478 e. The van der Waals surface area contributed by atoms with E-state index in [4.69, 9.17) is 10.5 Å². The van der Waals surface area contributed by atoms with Crippen LogP contribution in [-0.4, -0.2) is 41.1 Å². The van der Waals surface area contributed by atoms with E-state index in [1.54, 1.807) is 6.07 Å². The number of ether oxygens (including phenoxy) is 1. The maximum atomic E-state index is 13.0. The largest absolute Gasteiger partial charge is 0.478 e. The maximum absolute atomic E-state index is 13.0. The van der Waals surface area contributed by atoms with Crippen LogP contribution in [0.2, 0.25) is 0 Å². The van der Waals surface area contributed by atoms with Crippen molar-refractivity contribution in [2.45, 2.75) is 64.7 Å². The van der Waals surface area contributed by atoms with E-state index in [9.17, 15) is 23.1 Å². The van der Waals surface area contributed by atoms with Crippen molar-refractivity contribution in [3.8, 4) is 5.75 Å². The van der Waals surface area contributed by atoms with Crippen LogP contribution in [0.5, 0.6) is 5.75 Å². The van der Waals surface area contributed by atoms with Crippen LogP contribution in [0.25, 0.3) is 0 Å². The highest BCUT2D eigenvalue weighted by Crippen LogP contribution is 2.31. The van der Waals surface area contributed by atoms with Gasteiger partial charge in [0.05, 0.1) is 5.57 Å². The molecule has 0 radical (unpaired) electrons. The average molecular weight is 556 g/mol. The molecular formula is C31H36F3N3O3. The fourth-order valence-corrected chi connectivity index (χ4v) is 4.16. The third-order valence-corrected chi connectivity index (χ3v) is 6.59. The second kappa shape index (κ2) is 13.5. The van der Waals surface area contributed by atoms with E-state index in [0.29, 0.717) is 24.6 Å². The smallest absolute Gasteiger partial charge is 0.416 e. The predicted molar refractivity (Wildman–Crippen MR) is 152 cm³/mol. The van der Waals surface area contributed by atoms with Crippen molar-refractivity contribution in [1.29, 1.82) is 0 Å². The Hall–Kier alpha value is -3.88. The molecule has 214 valence electrons. The summed E-state index contributed by atoms with van der Waals surface area (Å²) in [6.45, 7) is 5.39. The van der Waals surface area contributed by atoms with Gasteiger partial charge in [-0.2, -0.15) is 13.2 Å². The van der Waals surface area contributed by atoms with Crippen molar-refractivity contribution in [1.82, 2.24) is 0 Å². The summed E-state index contributed by atoms with van der Waals surface area (Å²) in [6.07, 6.45) is 2.10. The van der Waals surface area contributed by atoms with Crippen LogP contribution in [-0.2, 0) is 17.6 Å². The lowest BCUT2D eigenvalue weighted by Gasteiger charge is -2.23. The third kappa shape index (κ3) is 9.10. The Morgan fingerprint density at radius 2 is 1.82 bits per heavy atom. The summed E-state index contributed by atoms with van der Waals surface area (Å²) >= 11 is 0. The molecule has 1 aliphatic rings. The number of aryl methyl sites for hydroxylation is 2. The van der Waals surface area contributed by atoms with Crippen molar-refractivity contribution < 1.29 is 27.8 Å². The Morgan fingerprint density at radius 1 is 1.10 bits per heavy atom. The van der Waals surface area contributed by atoms with Crippen LogP contribution in [0.15, 0.2) is 82.3 Å². The summed E-state index contributed by atoms with van der Waals surface area (Å²) in [5.74, 6) is -0.149. The van der Waals surface area contributed by atoms with Gasteiger partial charge in [-0.05, 0) is 69.2 Å². The molecule has 0 amide bonds. The average Bonchev–Trinajstić information content (AvgIpc) is 2.90. The monoisotopic (exact) mass is 555 g/mol. The zero-order valence-corrected chi connectivity index (χ0v) is 23.0. The van der Waals surface area contributed by atoms with E-state index in [2.05, 4.69) is 9.98 Å². The lowest BCUT2D eigenvalue weighted by molar-refractivity contribution is -0.152. The summed E-state index contributed by atoms with van der Waals surface area (Å²) in [5.41, 5.74) is 7.25. The molecule has 9 heteroatoms. The molecule has 0 saturated carbocycles. The molecule has 0 heterocycles. The third-order valence-electron chi connectivity index (χ3n) is 6.59. The Labute approximate surface area is 233 Å². The van der Waals surface area contributed by atoms with E-state index in [1.165, 1.54) is 19.9 Å². The van der Waals surface area contributed by atoms with E-state index in [0.717, 1.165) is 48.1 Å². The number of hydrogen-bond acceptors (Lipinski definition) is 3. The van der Waals surface area contributed by atoms with Crippen LogP contribution in [0, 0.1) is 12.8 Å². The van der Waals surface area contributed by atoms with Crippen LogP contribution in [0.3, 0.4) is 0 Å². The molecule has 0 spiro atoms. The number of carbonyl (C=O) groups is 1. The number of halogens is 3. The molecule has 0 fully saturated rings. The number of hydrogen-bond donors (Lipinski definition) is 2. The summed E-state index contributed by atoms with van der Waals surface area (Å²) < 4.78 is 44.6. The molecule has 6 nitrogen and oxygen atoms in total. The number of alkyl halides is 3. The molecule has 0 saturated heterocycles. The van der Waals surface area contributed by atoms with E-state index < -0.39 is 29.2 Å². The first-order valence-electron chi connectivity index (χ1n) is 13.2. The first kappa shape index (κ1) is 30.7. The molecule has 2 aromatic carbocycles. The van der Waals surface area contributed by atoms with Gasteiger partial charge >= 0.3 is 12.1 Å². The van der Waals surface area contributed by atoms with Crippen molar-refractivity contribution in [3.63, 3.8) is 0 Å². The summed E-state index contributed by atoms with van der Waals surface area (Å²) in [7, 11) is 0. The van der Waals surface area contributed by atoms with Crippen LogP contribution in [0.4, 0.5) is 13.2 Å². The summed E-state index contributed by atoms with van der Waals surface area (Å²) in [6, 6.07) is 15.6. The van der Waals surface area contributed by atoms with Gasteiger partial charge < -0.3 is 15.6 Å². The van der Waals surface area contributed by atoms with Gasteiger partial charge in [0, 0.05) is 18.9 Å². The minimum absolute atomic E-state index is 0.129. The van der Waals surface area contributed by atoms with Crippen LogP contribution >= 0.6 is 0 Å². The van der Waals surface area contributed by atoms with E-state index >= 15 is 0 Å². The second-order valence-electron chi connectivity index (χ2n) is 10.3. The van der Waals surface area contributed by atoms with Crippen molar-refractivity contribution >= 4 is 17.6 Å². The van der Waals surface area contributed by atoms with Gasteiger partial charge in [0.25, 0.3) is 0 Å². The molecular weight excluding hydrogens is 519 g/mol. The van der Waals surface area contributed by atoms with Gasteiger partial charge in [-0.3, -0.25) is 4.99 Å². The SMILES string of the molecule is Cc1cc(CCCC(=NCCc2ccccc2)N=C(N)C2C=CC(C(F)(F)F)=CC2)ccc1OC(C)(C)C(=O)O. The van der Waals surface area contributed by atoms with Crippen LogP contribution < -0.4 is 10.5 Å². The van der Waals surface area contributed by atoms with Gasteiger partial charge in [0.15, 0.2) is 5.60 Å². The predicted octanol–water partition coefficient (Wildman–Crippen LogP) is 6.62.